The van der Waals surface area contributed by atoms with Crippen LogP contribution in [0, 0.1) is 18.8 Å². The van der Waals surface area contributed by atoms with Crippen molar-refractivity contribution in [3.63, 3.8) is 0 Å². The molecule has 1 amide bonds. The molecule has 0 N–H and O–H groups in total. The molecule has 6 heteroatoms. The second-order valence-corrected chi connectivity index (χ2v) is 7.69. The van der Waals surface area contributed by atoms with Crippen LogP contribution in [0.1, 0.15) is 25.3 Å². The van der Waals surface area contributed by atoms with Crippen molar-refractivity contribution in [2.45, 2.75) is 38.4 Å². The van der Waals surface area contributed by atoms with Crippen molar-refractivity contribution < 1.29 is 19.1 Å². The number of rotatable bonds is 5. The molecule has 26 heavy (non-hydrogen) atoms. The highest BCUT2D eigenvalue weighted by Crippen LogP contribution is 2.53. The van der Waals surface area contributed by atoms with E-state index in [9.17, 15) is 9.59 Å². The molecule has 0 saturated carbocycles. The zero-order chi connectivity index (χ0) is 18.5. The van der Waals surface area contributed by atoms with Crippen molar-refractivity contribution in [1.29, 1.82) is 0 Å². The van der Waals surface area contributed by atoms with E-state index in [1.54, 1.807) is 11.0 Å². The maximum atomic E-state index is 13.2. The third-order valence-corrected chi connectivity index (χ3v) is 5.99. The summed E-state index contributed by atoms with van der Waals surface area (Å²) in [4.78, 5) is 27.5. The lowest BCUT2D eigenvalue weighted by atomic mass is 9.77. The number of halogens is 1. The van der Waals surface area contributed by atoms with Crippen molar-refractivity contribution in [2.75, 3.05) is 18.1 Å². The van der Waals surface area contributed by atoms with Gasteiger partial charge in [-0.2, -0.15) is 0 Å². The fourth-order valence-corrected chi connectivity index (χ4v) is 4.31. The predicted octanol–water partition coefficient (Wildman–Crippen LogP) is 3.28. The van der Waals surface area contributed by atoms with Crippen LogP contribution in [0.15, 0.2) is 30.4 Å². The van der Waals surface area contributed by atoms with Crippen LogP contribution in [0.2, 0.25) is 5.02 Å². The van der Waals surface area contributed by atoms with Gasteiger partial charge < -0.3 is 14.4 Å². The summed E-state index contributed by atoms with van der Waals surface area (Å²) in [6, 6.07) is 5.51. The molecule has 0 aliphatic carbocycles. The fraction of sp³-hybridized carbons (Fsp3) is 0.500. The molecule has 1 aromatic rings. The second-order valence-electron chi connectivity index (χ2n) is 7.28. The summed E-state index contributed by atoms with van der Waals surface area (Å²) in [7, 11) is 0. The van der Waals surface area contributed by atoms with E-state index < -0.39 is 17.4 Å². The molecular formula is C20H22ClNO4. The van der Waals surface area contributed by atoms with Crippen molar-refractivity contribution in [2.24, 2.45) is 11.8 Å². The van der Waals surface area contributed by atoms with Gasteiger partial charge in [0.1, 0.15) is 11.5 Å². The molecule has 138 valence electrons. The second kappa shape index (κ2) is 6.39. The Balaban J connectivity index is 1.60. The largest absolute Gasteiger partial charge is 0.465 e. The van der Waals surface area contributed by atoms with Gasteiger partial charge in [0.05, 0.1) is 25.2 Å². The lowest BCUT2D eigenvalue weighted by molar-refractivity contribution is -0.152. The number of anilines is 1. The van der Waals surface area contributed by atoms with Gasteiger partial charge in [-0.3, -0.25) is 9.59 Å². The highest BCUT2D eigenvalue weighted by Gasteiger charge is 2.67. The number of nitrogens with zero attached hydrogens (tertiary/aromatic N) is 1. The van der Waals surface area contributed by atoms with E-state index in [1.165, 1.54) is 0 Å². The molecule has 1 aromatic carbocycles. The summed E-state index contributed by atoms with van der Waals surface area (Å²) in [6.07, 6.45) is 5.24. The molecule has 2 bridgehead atoms. The van der Waals surface area contributed by atoms with Crippen LogP contribution in [-0.2, 0) is 19.1 Å². The first-order valence-corrected chi connectivity index (χ1v) is 9.46. The Bertz CT molecular complexity index is 792. The number of carbonyl (C=O) groups is 2. The van der Waals surface area contributed by atoms with Crippen LogP contribution >= 0.6 is 11.6 Å². The summed E-state index contributed by atoms with van der Waals surface area (Å²) >= 11 is 6.11. The highest BCUT2D eigenvalue weighted by molar-refractivity contribution is 6.31. The minimum absolute atomic E-state index is 0.0870. The van der Waals surface area contributed by atoms with Crippen molar-refractivity contribution in [3.8, 4) is 0 Å². The maximum absolute atomic E-state index is 13.2. The summed E-state index contributed by atoms with van der Waals surface area (Å²) < 4.78 is 11.5. The van der Waals surface area contributed by atoms with E-state index in [1.807, 2.05) is 38.1 Å². The van der Waals surface area contributed by atoms with E-state index >= 15 is 0 Å². The van der Waals surface area contributed by atoms with E-state index in [0.717, 1.165) is 24.1 Å². The van der Waals surface area contributed by atoms with Crippen molar-refractivity contribution in [1.82, 2.24) is 0 Å². The Kier molecular flexibility index (Phi) is 4.32. The number of aryl methyl sites for hydroxylation is 1. The number of hydrogen-bond donors (Lipinski definition) is 0. The van der Waals surface area contributed by atoms with Gasteiger partial charge in [-0.25, -0.2) is 0 Å². The molecular weight excluding hydrogens is 354 g/mol. The topological polar surface area (TPSA) is 55.8 Å². The first kappa shape index (κ1) is 17.6. The Morgan fingerprint density at radius 1 is 1.46 bits per heavy atom. The zero-order valence-electron chi connectivity index (χ0n) is 14.9. The number of ether oxygens (including phenoxy) is 2. The van der Waals surface area contributed by atoms with Gasteiger partial charge in [0.15, 0.2) is 0 Å². The number of carbonyl (C=O) groups excluding carboxylic acids is 2. The van der Waals surface area contributed by atoms with Gasteiger partial charge in [0.25, 0.3) is 0 Å². The minimum Gasteiger partial charge on any atom is -0.465 e. The highest BCUT2D eigenvalue weighted by atomic mass is 35.5. The third-order valence-electron chi connectivity index (χ3n) is 5.57. The standard InChI is InChI=1S/C20H22ClNO4/c1-3-4-9-25-19(24)16-15-7-8-20(26-15)11-22(18(23)17(16)20)13-5-6-14(21)12(2)10-13/h5-8,10,15-17H,3-4,9,11H2,1-2H3. The average Bonchev–Trinajstić information content (AvgIpc) is 3.26. The Hall–Kier alpha value is -1.85. The van der Waals surface area contributed by atoms with Crippen LogP contribution in [0.5, 0.6) is 0 Å². The predicted molar refractivity (Wildman–Crippen MR) is 98.1 cm³/mol. The molecule has 2 saturated heterocycles. The monoisotopic (exact) mass is 375 g/mol. The van der Waals surface area contributed by atoms with E-state index in [0.29, 0.717) is 18.2 Å². The molecule has 0 radical (unpaired) electrons. The molecule has 4 rings (SSSR count). The van der Waals surface area contributed by atoms with Crippen LogP contribution in [0.4, 0.5) is 5.69 Å². The number of amides is 1. The first-order valence-electron chi connectivity index (χ1n) is 9.08. The molecule has 4 atom stereocenters. The maximum Gasteiger partial charge on any atom is 0.312 e. The summed E-state index contributed by atoms with van der Waals surface area (Å²) in [5.41, 5.74) is 0.950. The van der Waals surface area contributed by atoms with Crippen LogP contribution < -0.4 is 4.90 Å². The van der Waals surface area contributed by atoms with Gasteiger partial charge in [0.2, 0.25) is 5.91 Å². The third kappa shape index (κ3) is 2.57. The number of esters is 1. The van der Waals surface area contributed by atoms with E-state index in [-0.39, 0.29) is 18.0 Å². The zero-order valence-corrected chi connectivity index (χ0v) is 15.7. The first-order chi connectivity index (χ1) is 12.5. The van der Waals surface area contributed by atoms with E-state index in [4.69, 9.17) is 21.1 Å². The van der Waals surface area contributed by atoms with Gasteiger partial charge in [-0.1, -0.05) is 37.1 Å². The van der Waals surface area contributed by atoms with Gasteiger partial charge in [-0.15, -0.1) is 0 Å². The van der Waals surface area contributed by atoms with Crippen LogP contribution in [-0.4, -0.2) is 36.7 Å². The summed E-state index contributed by atoms with van der Waals surface area (Å²) in [5.74, 6) is -1.51. The molecule has 1 spiro atoms. The lowest BCUT2D eigenvalue weighted by Crippen LogP contribution is -2.40. The van der Waals surface area contributed by atoms with Gasteiger partial charge in [-0.05, 0) is 37.1 Å². The number of hydrogen-bond acceptors (Lipinski definition) is 4. The number of fused-ring (bicyclic) bond motifs is 1. The Labute approximate surface area is 157 Å². The molecule has 0 aromatic heterocycles. The smallest absolute Gasteiger partial charge is 0.312 e. The average molecular weight is 376 g/mol. The Morgan fingerprint density at radius 2 is 2.27 bits per heavy atom. The molecule has 5 nitrogen and oxygen atoms in total. The fourth-order valence-electron chi connectivity index (χ4n) is 4.20. The van der Waals surface area contributed by atoms with Crippen molar-refractivity contribution >= 4 is 29.2 Å². The van der Waals surface area contributed by atoms with Gasteiger partial charge in [0, 0.05) is 10.7 Å². The summed E-state index contributed by atoms with van der Waals surface area (Å²) in [5, 5.41) is 0.660. The van der Waals surface area contributed by atoms with Crippen LogP contribution in [0.3, 0.4) is 0 Å². The molecule has 3 heterocycles. The minimum atomic E-state index is -0.732. The molecule has 4 unspecified atom stereocenters. The van der Waals surface area contributed by atoms with Crippen molar-refractivity contribution in [3.05, 3.63) is 40.9 Å². The molecule has 3 aliphatic rings. The molecule has 3 aliphatic heterocycles. The number of unbranched alkanes of at least 4 members (excludes halogenated alkanes) is 1. The normalized spacial score (nSPS) is 31.6. The Morgan fingerprint density at radius 3 is 3.00 bits per heavy atom. The summed E-state index contributed by atoms with van der Waals surface area (Å²) in [6.45, 7) is 4.74. The quantitative estimate of drug-likeness (QED) is 0.450. The SMILES string of the molecule is CCCCOC(=O)C1C2C=CC3(CN(c4ccc(Cl)c(C)c4)C(=O)C13)O2. The van der Waals surface area contributed by atoms with Crippen LogP contribution in [0.25, 0.3) is 0 Å². The number of benzene rings is 1. The van der Waals surface area contributed by atoms with Gasteiger partial charge >= 0.3 is 5.97 Å². The molecule has 2 fully saturated rings. The van der Waals surface area contributed by atoms with E-state index in [2.05, 4.69) is 0 Å². The lowest BCUT2D eigenvalue weighted by Gasteiger charge is -2.22.